The van der Waals surface area contributed by atoms with Crippen molar-refractivity contribution in [1.82, 2.24) is 0 Å². The molecule has 0 saturated heterocycles. The van der Waals surface area contributed by atoms with Crippen molar-refractivity contribution in [3.63, 3.8) is 0 Å². The van der Waals surface area contributed by atoms with Crippen molar-refractivity contribution >= 4 is 43.2 Å². The maximum absolute atomic E-state index is 12.8. The van der Waals surface area contributed by atoms with Crippen LogP contribution < -0.4 is 9.72 Å². The van der Waals surface area contributed by atoms with Gasteiger partial charge in [0.05, 0.1) is 10.8 Å². The van der Waals surface area contributed by atoms with Crippen molar-refractivity contribution in [3.8, 4) is 11.5 Å². The number of aromatic hydroxyl groups is 1. The lowest BCUT2D eigenvalue weighted by atomic mass is 9.83. The normalized spacial score (nSPS) is 14.0. The van der Waals surface area contributed by atoms with Crippen LogP contribution in [0.25, 0.3) is 43.2 Å². The molecule has 154 valence electrons. The first kappa shape index (κ1) is 18.2. The van der Waals surface area contributed by atoms with Gasteiger partial charge in [-0.25, -0.2) is 4.98 Å². The van der Waals surface area contributed by atoms with Crippen LogP contribution in [0.4, 0.5) is 13.2 Å². The molecule has 0 atom stereocenters. The van der Waals surface area contributed by atoms with Gasteiger partial charge in [-0.2, -0.15) is 0 Å². The number of fused-ring (bicyclic) bond motifs is 6. The van der Waals surface area contributed by atoms with Gasteiger partial charge in [-0.05, 0) is 65.4 Å². The molecule has 0 saturated carbocycles. The molecule has 1 aromatic heterocycles. The van der Waals surface area contributed by atoms with Gasteiger partial charge in [0.15, 0.2) is 17.7 Å². The van der Waals surface area contributed by atoms with E-state index in [0.717, 1.165) is 56.4 Å². The Kier molecular flexibility index (Phi) is 3.67. The zero-order valence-electron chi connectivity index (χ0n) is 16.3. The average Bonchev–Trinajstić information content (AvgIpc) is 2.75. The molecule has 0 bridgehead atoms. The molecule has 0 spiro atoms. The highest BCUT2D eigenvalue weighted by molar-refractivity contribution is 6.19. The number of pyridine rings is 1. The van der Waals surface area contributed by atoms with Gasteiger partial charge in [0.2, 0.25) is 5.52 Å². The molecule has 1 aliphatic carbocycles. The topological polar surface area (TPSA) is 43.6 Å². The molecule has 4 aromatic carbocycles. The average molecular weight is 420 g/mol. The van der Waals surface area contributed by atoms with Crippen LogP contribution in [0.1, 0.15) is 17.5 Å². The summed E-state index contributed by atoms with van der Waals surface area (Å²) in [6.45, 7) is 0. The molecule has 0 radical (unpaired) electrons. The van der Waals surface area contributed by atoms with Gasteiger partial charge in [-0.1, -0.05) is 24.3 Å². The number of phenolic OH excluding ortho intramolecular Hbond substituents is 1. The minimum Gasteiger partial charge on any atom is -0.504 e. The Morgan fingerprint density at radius 2 is 1.71 bits per heavy atom. The fourth-order valence-corrected chi connectivity index (χ4v) is 5.06. The van der Waals surface area contributed by atoms with Crippen molar-refractivity contribution < 1.29 is 28.0 Å². The fraction of sp³-hybridized carbons (Fsp3) is 0.160. The largest absolute Gasteiger partial charge is 0.573 e. The Balaban J connectivity index is 1.76. The number of alkyl halides is 3. The third-order valence-corrected chi connectivity index (χ3v) is 6.25. The van der Waals surface area contributed by atoms with Gasteiger partial charge < -0.3 is 9.84 Å². The maximum atomic E-state index is 12.8. The molecule has 1 heterocycles. The van der Waals surface area contributed by atoms with Gasteiger partial charge in [0, 0.05) is 16.2 Å². The number of H-pyrrole nitrogens is 1. The third-order valence-electron chi connectivity index (χ3n) is 6.25. The molecule has 5 aromatic rings. The summed E-state index contributed by atoms with van der Waals surface area (Å²) >= 11 is 0. The molecule has 0 amide bonds. The number of halogens is 3. The Morgan fingerprint density at radius 3 is 2.55 bits per heavy atom. The number of nitrogens with one attached hydrogen (secondary N) is 1. The van der Waals surface area contributed by atoms with Gasteiger partial charge >= 0.3 is 6.36 Å². The predicted octanol–water partition coefficient (Wildman–Crippen LogP) is 6.21. The number of benzene rings is 4. The van der Waals surface area contributed by atoms with E-state index in [1.54, 1.807) is 6.07 Å². The molecule has 6 heteroatoms. The highest BCUT2D eigenvalue weighted by atomic mass is 19.4. The van der Waals surface area contributed by atoms with Crippen molar-refractivity contribution in [2.75, 3.05) is 0 Å². The fourth-order valence-electron chi connectivity index (χ4n) is 5.06. The Hall–Kier alpha value is -3.54. The zero-order chi connectivity index (χ0) is 21.3. The van der Waals surface area contributed by atoms with Crippen LogP contribution in [0, 0.1) is 0 Å². The summed E-state index contributed by atoms with van der Waals surface area (Å²) in [5, 5.41) is 17.3. The summed E-state index contributed by atoms with van der Waals surface area (Å²) in [4.78, 5) is 3.43. The van der Waals surface area contributed by atoms with Crippen LogP contribution in [-0.4, -0.2) is 11.5 Å². The first-order valence-electron chi connectivity index (χ1n) is 10.1. The summed E-state index contributed by atoms with van der Waals surface area (Å²) < 4.78 is 42.5. The molecule has 2 N–H and O–H groups in total. The standard InChI is InChI=1S/C25H16F3NO2/c26-25(27,28)31-20-9-8-14-11-19-21-13(5-3-7-17(21)22(14)24(20)30)10-18-16-6-2-1-4-15(16)12-29-23(18)19/h1-2,4,6,8-12,30H,3,5,7H2/p+1. The second-order valence-electron chi connectivity index (χ2n) is 8.02. The summed E-state index contributed by atoms with van der Waals surface area (Å²) in [6.07, 6.45) is -0.456. The van der Waals surface area contributed by atoms with Gasteiger partial charge in [-0.3, -0.25) is 0 Å². The van der Waals surface area contributed by atoms with Gasteiger partial charge in [-0.15, -0.1) is 13.2 Å². The van der Waals surface area contributed by atoms with E-state index in [9.17, 15) is 18.3 Å². The van der Waals surface area contributed by atoms with Crippen molar-refractivity contribution in [3.05, 3.63) is 65.9 Å². The number of aromatic nitrogens is 1. The van der Waals surface area contributed by atoms with E-state index < -0.39 is 17.9 Å². The van der Waals surface area contributed by atoms with Crippen molar-refractivity contribution in [2.45, 2.75) is 25.6 Å². The van der Waals surface area contributed by atoms with Crippen LogP contribution in [-0.2, 0) is 12.8 Å². The van der Waals surface area contributed by atoms with Gasteiger partial charge in [0.25, 0.3) is 0 Å². The number of hydrogen-bond acceptors (Lipinski definition) is 2. The number of rotatable bonds is 1. The Morgan fingerprint density at radius 1 is 0.871 bits per heavy atom. The zero-order valence-corrected chi connectivity index (χ0v) is 16.3. The lowest BCUT2D eigenvalue weighted by Gasteiger charge is -2.21. The van der Waals surface area contributed by atoms with Crippen molar-refractivity contribution in [2.24, 2.45) is 0 Å². The van der Waals surface area contributed by atoms with E-state index in [1.165, 1.54) is 6.07 Å². The van der Waals surface area contributed by atoms with Crippen LogP contribution in [0.3, 0.4) is 0 Å². The minimum absolute atomic E-state index is 0.440. The second kappa shape index (κ2) is 6.23. The van der Waals surface area contributed by atoms with E-state index in [-0.39, 0.29) is 0 Å². The summed E-state index contributed by atoms with van der Waals surface area (Å²) in [6, 6.07) is 15.1. The monoisotopic (exact) mass is 420 g/mol. The van der Waals surface area contributed by atoms with E-state index in [0.29, 0.717) is 17.2 Å². The number of aromatic amines is 1. The molecule has 1 aliphatic rings. The molecule has 3 nitrogen and oxygen atoms in total. The van der Waals surface area contributed by atoms with Crippen LogP contribution in [0.2, 0.25) is 0 Å². The van der Waals surface area contributed by atoms with E-state index in [2.05, 4.69) is 27.9 Å². The van der Waals surface area contributed by atoms with Crippen LogP contribution in [0.15, 0.2) is 54.7 Å². The lowest BCUT2D eigenvalue weighted by molar-refractivity contribution is -0.341. The number of phenols is 1. The number of aryl methyl sites for hydroxylation is 2. The first-order valence-corrected chi connectivity index (χ1v) is 10.1. The molecule has 31 heavy (non-hydrogen) atoms. The highest BCUT2D eigenvalue weighted by Gasteiger charge is 2.33. The minimum atomic E-state index is -4.86. The third kappa shape index (κ3) is 2.71. The van der Waals surface area contributed by atoms with Crippen molar-refractivity contribution in [1.29, 1.82) is 0 Å². The van der Waals surface area contributed by atoms with E-state index in [1.807, 2.05) is 24.4 Å². The second-order valence-corrected chi connectivity index (χ2v) is 8.02. The quantitative estimate of drug-likeness (QED) is 0.259. The van der Waals surface area contributed by atoms with E-state index >= 15 is 0 Å². The van der Waals surface area contributed by atoms with Crippen LogP contribution >= 0.6 is 0 Å². The Labute approximate surface area is 174 Å². The smallest absolute Gasteiger partial charge is 0.504 e. The summed E-state index contributed by atoms with van der Waals surface area (Å²) in [5.74, 6) is -1.02. The molecule has 0 aliphatic heterocycles. The predicted molar refractivity (Wildman–Crippen MR) is 113 cm³/mol. The van der Waals surface area contributed by atoms with Gasteiger partial charge in [0.1, 0.15) is 0 Å². The highest BCUT2D eigenvalue weighted by Crippen LogP contribution is 2.45. The summed E-state index contributed by atoms with van der Waals surface area (Å²) in [7, 11) is 0. The van der Waals surface area contributed by atoms with E-state index in [4.69, 9.17) is 0 Å². The lowest BCUT2D eigenvalue weighted by Crippen LogP contribution is -2.17. The maximum Gasteiger partial charge on any atom is 0.573 e. The SMILES string of the molecule is Oc1c(OC(F)(F)F)ccc2cc3c4c(cc5c6ccccc6c[nH+]c35)CCCc4c12. The molecule has 6 rings (SSSR count). The molecular weight excluding hydrogens is 403 g/mol. The molecule has 0 unspecified atom stereocenters. The summed E-state index contributed by atoms with van der Waals surface area (Å²) in [5.41, 5.74) is 3.01. The number of hydrogen-bond donors (Lipinski definition) is 1. The Bertz CT molecular complexity index is 1540. The first-order chi connectivity index (χ1) is 14.9. The molecule has 0 fully saturated rings. The number of ether oxygens (including phenoxy) is 1. The van der Waals surface area contributed by atoms with Crippen LogP contribution in [0.5, 0.6) is 11.5 Å². The molecular formula is C25H17F3NO2+.